The molecule has 0 spiro atoms. The Morgan fingerprint density at radius 1 is 1.13 bits per heavy atom. The second kappa shape index (κ2) is 6.12. The minimum absolute atomic E-state index is 0.0234. The second-order valence-corrected chi connectivity index (χ2v) is 11.3. The Morgan fingerprint density at radius 2 is 1.90 bits per heavy atom. The first-order chi connectivity index (χ1) is 14.0. The van der Waals surface area contributed by atoms with Crippen molar-refractivity contribution in [2.45, 2.75) is 77.9 Å². The van der Waals surface area contributed by atoms with E-state index in [1.54, 1.807) is 12.3 Å². The fraction of sp³-hybridized carbons (Fsp3) is 0.654. The summed E-state index contributed by atoms with van der Waals surface area (Å²) in [5.74, 6) is 0.461. The predicted octanol–water partition coefficient (Wildman–Crippen LogP) is 5.39. The molecule has 7 atom stereocenters. The maximum atomic E-state index is 12.3. The van der Waals surface area contributed by atoms with Crippen LogP contribution in [0.25, 0.3) is 0 Å². The highest BCUT2D eigenvalue weighted by Gasteiger charge is 2.67. The Hall–Kier alpha value is -1.81. The molecule has 0 aromatic carbocycles. The molecule has 4 heteroatoms. The van der Waals surface area contributed by atoms with Crippen molar-refractivity contribution in [1.82, 2.24) is 0 Å². The van der Waals surface area contributed by atoms with Crippen LogP contribution in [0.1, 0.15) is 71.8 Å². The monoisotopic (exact) mass is 410 g/mol. The highest BCUT2D eigenvalue weighted by molar-refractivity contribution is 5.83. The van der Waals surface area contributed by atoms with Gasteiger partial charge < -0.3 is 14.3 Å². The number of hydrogen-bond acceptors (Lipinski definition) is 4. The SMILES string of the molecule is CC1(C)OC(=O)C=C[C@@]2(C)[C@@H]1C[C@@H](O)[C@@]1(C)C3=CC[C@@H](c4ccoc4)[C@]3(C)CC[C@H]21. The van der Waals surface area contributed by atoms with E-state index in [0.29, 0.717) is 12.3 Å². The number of allylic oxidation sites excluding steroid dienone is 2. The fourth-order valence-electron chi connectivity index (χ4n) is 8.18. The van der Waals surface area contributed by atoms with Gasteiger partial charge in [-0.1, -0.05) is 38.5 Å². The third-order valence-corrected chi connectivity index (χ3v) is 9.58. The van der Waals surface area contributed by atoms with Crippen molar-refractivity contribution in [3.63, 3.8) is 0 Å². The van der Waals surface area contributed by atoms with Gasteiger partial charge in [-0.25, -0.2) is 4.79 Å². The molecule has 1 N–H and O–H groups in total. The molecule has 1 aliphatic heterocycles. The summed E-state index contributed by atoms with van der Waals surface area (Å²) in [6, 6.07) is 2.09. The van der Waals surface area contributed by atoms with E-state index in [9.17, 15) is 9.90 Å². The van der Waals surface area contributed by atoms with Gasteiger partial charge in [0.25, 0.3) is 0 Å². The van der Waals surface area contributed by atoms with E-state index in [4.69, 9.17) is 9.15 Å². The first-order valence-electron chi connectivity index (χ1n) is 11.4. The van der Waals surface area contributed by atoms with E-state index in [2.05, 4.69) is 39.0 Å². The summed E-state index contributed by atoms with van der Waals surface area (Å²) in [6.07, 6.45) is 13.1. The molecule has 2 saturated carbocycles. The summed E-state index contributed by atoms with van der Waals surface area (Å²) >= 11 is 0. The van der Waals surface area contributed by atoms with E-state index in [1.807, 2.05) is 20.1 Å². The number of aliphatic hydroxyl groups excluding tert-OH is 1. The van der Waals surface area contributed by atoms with Crippen LogP contribution in [0.2, 0.25) is 0 Å². The van der Waals surface area contributed by atoms with Gasteiger partial charge in [0.2, 0.25) is 0 Å². The van der Waals surface area contributed by atoms with Crippen molar-refractivity contribution in [3.05, 3.63) is 48.0 Å². The molecule has 3 aliphatic carbocycles. The maximum Gasteiger partial charge on any atom is 0.330 e. The zero-order valence-corrected chi connectivity index (χ0v) is 18.8. The van der Waals surface area contributed by atoms with Crippen LogP contribution < -0.4 is 0 Å². The van der Waals surface area contributed by atoms with E-state index in [-0.39, 0.29) is 34.1 Å². The van der Waals surface area contributed by atoms with Gasteiger partial charge in [-0.2, -0.15) is 0 Å². The molecule has 1 aromatic rings. The van der Waals surface area contributed by atoms with E-state index >= 15 is 0 Å². The van der Waals surface area contributed by atoms with Crippen LogP contribution in [-0.4, -0.2) is 22.8 Å². The second-order valence-electron chi connectivity index (χ2n) is 11.3. The third kappa shape index (κ3) is 2.40. The van der Waals surface area contributed by atoms with E-state index < -0.39 is 11.7 Å². The zero-order valence-electron chi connectivity index (χ0n) is 18.8. The smallest absolute Gasteiger partial charge is 0.330 e. The van der Waals surface area contributed by atoms with E-state index in [1.165, 1.54) is 11.1 Å². The van der Waals surface area contributed by atoms with Gasteiger partial charge in [-0.15, -0.1) is 0 Å². The number of ether oxygens (including phenoxy) is 1. The first kappa shape index (κ1) is 20.1. The molecule has 1 aromatic heterocycles. The molecule has 0 bridgehead atoms. The van der Waals surface area contributed by atoms with Crippen LogP contribution in [0.4, 0.5) is 0 Å². The van der Waals surface area contributed by atoms with Crippen LogP contribution in [0.15, 0.2) is 46.8 Å². The van der Waals surface area contributed by atoms with Crippen LogP contribution in [0.3, 0.4) is 0 Å². The molecular formula is C26H34O4. The van der Waals surface area contributed by atoms with Crippen LogP contribution in [-0.2, 0) is 9.53 Å². The van der Waals surface area contributed by atoms with Crippen molar-refractivity contribution >= 4 is 5.97 Å². The quantitative estimate of drug-likeness (QED) is 0.498. The Labute approximate surface area is 179 Å². The molecule has 162 valence electrons. The van der Waals surface area contributed by atoms with Crippen molar-refractivity contribution < 1.29 is 19.1 Å². The van der Waals surface area contributed by atoms with Crippen molar-refractivity contribution in [2.24, 2.45) is 28.1 Å². The molecule has 4 aliphatic rings. The Balaban J connectivity index is 1.61. The summed E-state index contributed by atoms with van der Waals surface area (Å²) in [5, 5.41) is 11.7. The lowest BCUT2D eigenvalue weighted by Crippen LogP contribution is -2.63. The zero-order chi connectivity index (χ0) is 21.5. The fourth-order valence-corrected chi connectivity index (χ4v) is 8.18. The number of furan rings is 1. The summed E-state index contributed by atoms with van der Waals surface area (Å²) in [4.78, 5) is 12.3. The minimum atomic E-state index is -0.609. The normalized spacial score (nSPS) is 46.9. The highest BCUT2D eigenvalue weighted by Crippen LogP contribution is 2.71. The predicted molar refractivity (Wildman–Crippen MR) is 115 cm³/mol. The van der Waals surface area contributed by atoms with Crippen molar-refractivity contribution in [3.8, 4) is 0 Å². The number of fused-ring (bicyclic) bond motifs is 5. The Kier molecular flexibility index (Phi) is 4.10. The first-order valence-corrected chi connectivity index (χ1v) is 11.4. The van der Waals surface area contributed by atoms with Crippen LogP contribution in [0, 0.1) is 28.1 Å². The number of aliphatic hydroxyl groups is 1. The van der Waals surface area contributed by atoms with Crippen molar-refractivity contribution in [1.29, 1.82) is 0 Å². The van der Waals surface area contributed by atoms with Crippen LogP contribution in [0.5, 0.6) is 0 Å². The molecule has 0 unspecified atom stereocenters. The van der Waals surface area contributed by atoms with Gasteiger partial charge in [-0.05, 0) is 73.8 Å². The molecule has 4 nitrogen and oxygen atoms in total. The lowest BCUT2D eigenvalue weighted by atomic mass is 9.40. The molecule has 2 fully saturated rings. The average molecular weight is 411 g/mol. The summed E-state index contributed by atoms with van der Waals surface area (Å²) in [7, 11) is 0. The van der Waals surface area contributed by atoms with Gasteiger partial charge in [0, 0.05) is 17.4 Å². The number of carbonyl (C=O) groups is 1. The van der Waals surface area contributed by atoms with Gasteiger partial charge in [0.05, 0.1) is 18.6 Å². The summed E-state index contributed by atoms with van der Waals surface area (Å²) in [6.45, 7) is 11.0. The summed E-state index contributed by atoms with van der Waals surface area (Å²) < 4.78 is 11.2. The highest BCUT2D eigenvalue weighted by atomic mass is 16.6. The molecule has 30 heavy (non-hydrogen) atoms. The Morgan fingerprint density at radius 3 is 2.60 bits per heavy atom. The van der Waals surface area contributed by atoms with Gasteiger partial charge >= 0.3 is 5.97 Å². The number of esters is 1. The van der Waals surface area contributed by atoms with Gasteiger partial charge in [0.1, 0.15) is 5.60 Å². The number of cyclic esters (lactones) is 1. The largest absolute Gasteiger partial charge is 0.472 e. The Bertz CT molecular complexity index is 925. The van der Waals surface area contributed by atoms with Crippen molar-refractivity contribution in [2.75, 3.05) is 0 Å². The topological polar surface area (TPSA) is 59.7 Å². The summed E-state index contributed by atoms with van der Waals surface area (Å²) in [5.41, 5.74) is 1.56. The maximum absolute atomic E-state index is 12.3. The van der Waals surface area contributed by atoms with Crippen LogP contribution >= 0.6 is 0 Å². The standard InChI is InChI=1S/C26H34O4/c1-23(2)20-14-21(27)26(5)18-7-6-17(16-10-13-29-15-16)24(18,3)11-8-19(26)25(20,4)12-9-22(28)30-23/h7,9-10,12-13,15,17,19-21,27H,6,8,11,14H2,1-5H3/t17-,19+,20+,21+,24-,25+,26-/m0/s1. The number of carbonyl (C=O) groups excluding carboxylic acids is 1. The lowest BCUT2D eigenvalue weighted by Gasteiger charge is -2.64. The van der Waals surface area contributed by atoms with E-state index in [0.717, 1.165) is 19.3 Å². The molecule has 0 saturated heterocycles. The molecule has 0 radical (unpaired) electrons. The van der Waals surface area contributed by atoms with Gasteiger partial charge in [-0.3, -0.25) is 0 Å². The molecule has 0 amide bonds. The minimum Gasteiger partial charge on any atom is -0.472 e. The third-order valence-electron chi connectivity index (χ3n) is 9.58. The molecule has 2 heterocycles. The number of rotatable bonds is 1. The lowest BCUT2D eigenvalue weighted by molar-refractivity contribution is -0.186. The number of hydrogen-bond donors (Lipinski definition) is 1. The average Bonchev–Trinajstić information content (AvgIpc) is 3.28. The molecule has 5 rings (SSSR count). The van der Waals surface area contributed by atoms with Gasteiger partial charge in [0.15, 0.2) is 0 Å². The molecular weight excluding hydrogens is 376 g/mol.